The van der Waals surface area contributed by atoms with E-state index in [1.807, 2.05) is 75.2 Å². The maximum absolute atomic E-state index is 14.5. The normalized spacial score (nSPS) is 15.8. The van der Waals surface area contributed by atoms with Crippen LogP contribution in [0.2, 0.25) is 0 Å². The van der Waals surface area contributed by atoms with E-state index in [1.54, 1.807) is 106 Å². The highest BCUT2D eigenvalue weighted by molar-refractivity contribution is 14.1. The molecule has 2 fully saturated rings. The molecule has 1 unspecified atom stereocenters. The molecule has 148 heavy (non-hydrogen) atoms. The van der Waals surface area contributed by atoms with Gasteiger partial charge >= 0.3 is 41.8 Å². The van der Waals surface area contributed by atoms with E-state index in [4.69, 9.17) is 28.4 Å². The number of phenols is 2. The van der Waals surface area contributed by atoms with E-state index in [-0.39, 0.29) is 176 Å². The van der Waals surface area contributed by atoms with Gasteiger partial charge in [0.25, 0.3) is 5.91 Å². The van der Waals surface area contributed by atoms with Crippen molar-refractivity contribution in [3.05, 3.63) is 86.9 Å². The number of benzene rings is 3. The number of amides is 9. The number of fused-ring (bicyclic) bond motifs is 6. The lowest BCUT2D eigenvalue weighted by Gasteiger charge is -2.37. The van der Waals surface area contributed by atoms with Gasteiger partial charge in [-0.15, -0.1) is 10.2 Å². The van der Waals surface area contributed by atoms with Crippen LogP contribution in [0.25, 0.3) is 28.0 Å². The van der Waals surface area contributed by atoms with E-state index in [2.05, 4.69) is 79.9 Å². The molecule has 3 aromatic carbocycles. The molecule has 9 amide bonds. The summed E-state index contributed by atoms with van der Waals surface area (Å²) in [6.45, 7) is 27.1. The van der Waals surface area contributed by atoms with Gasteiger partial charge in [-0.3, -0.25) is 101 Å². The Morgan fingerprint density at radius 3 is 1.53 bits per heavy atom. The summed E-state index contributed by atoms with van der Waals surface area (Å²) < 4.78 is 39.2. The highest BCUT2D eigenvalue weighted by Gasteiger charge is 2.38. The third kappa shape index (κ3) is 42.2. The first-order valence-electron chi connectivity index (χ1n) is 50.9. The summed E-state index contributed by atoms with van der Waals surface area (Å²) in [6, 6.07) is 9.54. The van der Waals surface area contributed by atoms with Gasteiger partial charge in [0.05, 0.1) is 50.7 Å². The molecule has 0 spiro atoms. The van der Waals surface area contributed by atoms with Crippen LogP contribution in [-0.4, -0.2) is 355 Å². The summed E-state index contributed by atoms with van der Waals surface area (Å²) >= 11 is 2.21. The maximum Gasteiger partial charge on any atom is 0.323 e. The molecule has 2 aromatic heterocycles. The van der Waals surface area contributed by atoms with Crippen LogP contribution >= 0.6 is 22.6 Å². The van der Waals surface area contributed by atoms with Crippen molar-refractivity contribution in [1.82, 2.24) is 86.4 Å². The molecule has 2 saturated heterocycles. The summed E-state index contributed by atoms with van der Waals surface area (Å²) in [5.74, 6) is -12.5. The number of nitrogens with one attached hydrogen (secondary N) is 8. The number of esters is 4. The SMILES string of the molecule is CCNC(=O)c1nnc2n1-c1ccc3c(c1)c(cn3CCC1CCN(C(=O)CCNC(=O)[C@@H](CCC(=O)O)NC(=O)[C@@H](CCC(=O)O)NC(=O)[C@@H](CCC(=O)O)NC(=O)COCCOCCNC(=O)[C@H](CCCCNC(=O)CC[C@H](C(=O)OC(C)(C)C)N3CCN(CC(=O)OC(C)(C)C)CCN(CC(=O)OC(C)(C)C)CCN(CC(=O)OC(C)(C)C)CC3)NC(=O)CCCc3ccc(I)cc3)CC1)C(C)c1cc-2c(O)cc1O. The number of unbranched alkanes of at least 4 members (excludes halogenated alkanes) is 1. The van der Waals surface area contributed by atoms with Crippen LogP contribution in [0.15, 0.2) is 60.8 Å². The van der Waals surface area contributed by atoms with Gasteiger partial charge in [0.1, 0.15) is 70.7 Å². The van der Waals surface area contributed by atoms with E-state index in [0.717, 1.165) is 32.0 Å². The fourth-order valence-corrected chi connectivity index (χ4v) is 17.8. The predicted octanol–water partition coefficient (Wildman–Crippen LogP) is 5.98. The molecule has 44 nitrogen and oxygen atoms in total. The molecule has 0 saturated carbocycles. The van der Waals surface area contributed by atoms with E-state index in [0.29, 0.717) is 102 Å². The minimum absolute atomic E-state index is 0.00435. The lowest BCUT2D eigenvalue weighted by Crippen LogP contribution is -2.57. The number of aromatic nitrogens is 4. The highest BCUT2D eigenvalue weighted by Crippen LogP contribution is 2.44. The Morgan fingerprint density at radius 2 is 0.993 bits per heavy atom. The van der Waals surface area contributed by atoms with Crippen LogP contribution < -0.4 is 42.5 Å². The van der Waals surface area contributed by atoms with E-state index in [1.165, 1.54) is 6.07 Å². The first-order valence-corrected chi connectivity index (χ1v) is 51.9. The molecule has 8 rings (SSSR count). The largest absolute Gasteiger partial charge is 0.508 e. The number of carboxylic acids is 3. The first kappa shape index (κ1) is 121. The highest BCUT2D eigenvalue weighted by atomic mass is 127. The van der Waals surface area contributed by atoms with Crippen molar-refractivity contribution in [2.45, 2.75) is 278 Å². The second-order valence-corrected chi connectivity index (χ2v) is 42.7. The zero-order valence-corrected chi connectivity index (χ0v) is 89.9. The monoisotopic (exact) mass is 2190 g/mol. The minimum Gasteiger partial charge on any atom is -0.508 e. The number of aromatic hydroxyl groups is 2. The standard InChI is InChI=1S/C103H152IN17O27/c1-15-105-98(141)93-114-113-92-72-58-70(80(122)59-81(72)123)65(2)73-60-120(78-30-26-69(121(92)93)57-71(73)78)45-39-67-37-43-119(44-38-67)85(127)36-41-107-95(138)75(27-33-86(128)129)111-97(140)77(29-35-88(132)133)112-96(139)76(28-34-87(130)131)110-84(126)64-144-56-55-143-54-42-108-94(137)74(109-83(125)21-18-19-66-22-24-68(104)25-23-66)20-16-17-40-106-82(124)32-31-79(99(142)148-103(12,13)14)118-52-50-116(62-90(135)146-101(6,7)8)48-46-115(61-89(134)145-100(3,4)5)47-49-117(51-53-118)63-91(136)147-102(9,10)11/h22-26,30,57-60,65,67,74-77,79,122-123H,15-21,27-29,31-56,61-64H2,1-14H3,(H,105,141)(H,106,124)(H,107,138)(H,108,137)(H,109,125)(H,110,126)(H,111,140)(H,112,139)(H,128,129)(H,130,131)(H,132,133)/t65?,74-,75+,76+,77+,79+/m0/s1. The molecule has 45 heteroatoms. The Bertz CT molecular complexity index is 5320. The lowest BCUT2D eigenvalue weighted by molar-refractivity contribution is -0.163. The third-order valence-electron chi connectivity index (χ3n) is 24.7. The summed E-state index contributed by atoms with van der Waals surface area (Å²) in [6.07, 6.45) is 2.22. The van der Waals surface area contributed by atoms with Crippen molar-refractivity contribution in [2.24, 2.45) is 5.92 Å². The van der Waals surface area contributed by atoms with Gasteiger partial charge in [0.2, 0.25) is 53.1 Å². The Kier molecular flexibility index (Phi) is 47.7. The number of ether oxygens (including phenoxy) is 6. The molecule has 3 aliphatic heterocycles. The molecule has 818 valence electrons. The number of carbonyl (C=O) groups is 16. The summed E-state index contributed by atoms with van der Waals surface area (Å²) in [7, 11) is 0. The molecular weight excluding hydrogens is 2030 g/mol. The number of likely N-dealkylation sites (tertiary alicyclic amines) is 1. The summed E-state index contributed by atoms with van der Waals surface area (Å²) in [5, 5.41) is 81.8. The Morgan fingerprint density at radius 1 is 0.480 bits per heavy atom. The topological polar surface area (TPSA) is 578 Å². The average Bonchev–Trinajstić information content (AvgIpc) is 1.60. The predicted molar refractivity (Wildman–Crippen MR) is 552 cm³/mol. The van der Waals surface area contributed by atoms with E-state index < -0.39 is 175 Å². The van der Waals surface area contributed by atoms with Crippen molar-refractivity contribution in [3.63, 3.8) is 0 Å². The van der Waals surface area contributed by atoms with Gasteiger partial charge in [-0.2, -0.15) is 0 Å². The number of carboxylic acid groups (broad SMARTS) is 3. The van der Waals surface area contributed by atoms with Crippen molar-refractivity contribution >= 4 is 128 Å². The van der Waals surface area contributed by atoms with Gasteiger partial charge in [-0.05, 0) is 243 Å². The molecule has 4 bridgehead atoms. The van der Waals surface area contributed by atoms with Crippen LogP contribution in [0, 0.1) is 9.49 Å². The number of aryl methyl sites for hydroxylation is 2. The number of piperidine rings is 1. The van der Waals surface area contributed by atoms with E-state index in [9.17, 15) is 102 Å². The molecule has 5 heterocycles. The molecular formula is C103H152IN17O27. The second kappa shape index (κ2) is 58.2. The van der Waals surface area contributed by atoms with Gasteiger partial charge in [-0.25, -0.2) is 0 Å². The second-order valence-electron chi connectivity index (χ2n) is 41.5. The Labute approximate surface area is 877 Å². The quantitative estimate of drug-likeness (QED) is 0.00920. The number of nitrogens with zero attached hydrogens (tertiary/aromatic N) is 9. The average molecular weight is 2190 g/mol. The maximum atomic E-state index is 14.5. The molecule has 0 radical (unpaired) electrons. The first-order chi connectivity index (χ1) is 69.8. The molecule has 6 atom stereocenters. The molecule has 13 N–H and O–H groups in total. The van der Waals surface area contributed by atoms with Crippen molar-refractivity contribution < 1.29 is 131 Å². The van der Waals surface area contributed by atoms with Crippen LogP contribution in [0.1, 0.15) is 239 Å². The fraction of sp³-hybridized carbons (Fsp3) is 0.631. The summed E-state index contributed by atoms with van der Waals surface area (Å²) in [5.41, 5.74) is 0.931. The Hall–Kier alpha value is -12.1. The van der Waals surface area contributed by atoms with Crippen LogP contribution in [-0.2, 0) is 113 Å². The third-order valence-corrected chi connectivity index (χ3v) is 25.4. The molecule has 0 aliphatic carbocycles. The van der Waals surface area contributed by atoms with Gasteiger partial charge in [-0.1, -0.05) is 19.1 Å². The number of carbonyl (C=O) groups excluding carboxylic acids is 13. The lowest BCUT2D eigenvalue weighted by atomic mass is 9.90. The van der Waals surface area contributed by atoms with Crippen molar-refractivity contribution in [1.29, 1.82) is 0 Å². The number of aliphatic carboxylic acids is 3. The zero-order chi connectivity index (χ0) is 109. The minimum atomic E-state index is -1.75. The number of hydrogen-bond acceptors (Lipinski definition) is 30. The van der Waals surface area contributed by atoms with Gasteiger partial charge in [0.15, 0.2) is 5.82 Å². The smallest absolute Gasteiger partial charge is 0.323 e. The molecule has 3 aliphatic rings. The van der Waals surface area contributed by atoms with E-state index >= 15 is 0 Å². The molecule has 5 aromatic rings. The Balaban J connectivity index is 0.805. The van der Waals surface area contributed by atoms with Gasteiger partial charge < -0.3 is 106 Å². The van der Waals surface area contributed by atoms with Crippen molar-refractivity contribution in [2.75, 3.05) is 138 Å². The fourth-order valence-electron chi connectivity index (χ4n) is 17.4. The van der Waals surface area contributed by atoms with Crippen molar-refractivity contribution in [3.8, 4) is 28.6 Å². The van der Waals surface area contributed by atoms with Crippen LogP contribution in [0.4, 0.5) is 0 Å². The van der Waals surface area contributed by atoms with Crippen LogP contribution in [0.5, 0.6) is 11.5 Å². The van der Waals surface area contributed by atoms with Gasteiger partial charge in [0, 0.05) is 175 Å². The number of hydrogen-bond donors (Lipinski definition) is 13. The number of rotatable bonds is 53. The summed E-state index contributed by atoms with van der Waals surface area (Å²) in [4.78, 5) is 224. The van der Waals surface area contributed by atoms with Crippen LogP contribution in [0.3, 0.4) is 0 Å². The number of halogens is 1. The zero-order valence-electron chi connectivity index (χ0n) is 87.7. The number of phenolic OH excluding ortho intramolecular Hbond substituents is 2.